The molecule has 4 aromatic rings. The summed E-state index contributed by atoms with van der Waals surface area (Å²) < 4.78 is 0. The predicted octanol–water partition coefficient (Wildman–Crippen LogP) is 5.44. The van der Waals surface area contributed by atoms with Crippen LogP contribution in [0.3, 0.4) is 0 Å². The van der Waals surface area contributed by atoms with Crippen LogP contribution in [0.15, 0.2) is 91.0 Å². The lowest BCUT2D eigenvalue weighted by atomic mass is 9.97. The zero-order valence-corrected chi connectivity index (χ0v) is 15.8. The first kappa shape index (κ1) is 17.0. The van der Waals surface area contributed by atoms with Crippen molar-refractivity contribution in [2.45, 2.75) is 12.5 Å². The summed E-state index contributed by atoms with van der Waals surface area (Å²) in [5.74, 6) is 1.02. The third kappa shape index (κ3) is 3.25. The maximum absolute atomic E-state index is 4.92. The number of aromatic amines is 1. The number of imidazole rings is 1. The molecule has 0 fully saturated rings. The number of nitrogens with zero attached hydrogens (tertiary/aromatic N) is 2. The minimum atomic E-state index is 0.127. The number of fused-ring (bicyclic) bond motifs is 1. The van der Waals surface area contributed by atoms with Gasteiger partial charge in [0.25, 0.3) is 0 Å². The van der Waals surface area contributed by atoms with Crippen molar-refractivity contribution in [3.8, 4) is 0 Å². The van der Waals surface area contributed by atoms with Crippen LogP contribution in [-0.4, -0.2) is 28.0 Å². The molecule has 28 heavy (non-hydrogen) atoms. The monoisotopic (exact) mass is 365 g/mol. The number of hydrogen-bond acceptors (Lipinski definition) is 2. The van der Waals surface area contributed by atoms with E-state index >= 15 is 0 Å². The topological polar surface area (TPSA) is 31.9 Å². The lowest BCUT2D eigenvalue weighted by Gasteiger charge is -2.33. The Labute approximate surface area is 165 Å². The van der Waals surface area contributed by atoms with E-state index in [-0.39, 0.29) is 6.04 Å². The van der Waals surface area contributed by atoms with Gasteiger partial charge in [-0.15, -0.1) is 0 Å². The summed E-state index contributed by atoms with van der Waals surface area (Å²) in [6.45, 7) is 1.93. The van der Waals surface area contributed by atoms with Crippen molar-refractivity contribution in [3.63, 3.8) is 0 Å². The number of aromatic nitrogens is 2. The fourth-order valence-corrected chi connectivity index (χ4v) is 4.11. The molecule has 0 bridgehead atoms. The van der Waals surface area contributed by atoms with Gasteiger partial charge in [-0.3, -0.25) is 4.90 Å². The van der Waals surface area contributed by atoms with Crippen LogP contribution in [0.2, 0.25) is 0 Å². The predicted molar refractivity (Wildman–Crippen MR) is 115 cm³/mol. The third-order valence-corrected chi connectivity index (χ3v) is 5.53. The first-order chi connectivity index (χ1) is 13.9. The number of nitrogens with one attached hydrogen (secondary N) is 1. The minimum Gasteiger partial charge on any atom is -0.340 e. The van der Waals surface area contributed by atoms with Gasteiger partial charge in [0.05, 0.1) is 17.1 Å². The Morgan fingerprint density at radius 2 is 1.54 bits per heavy atom. The van der Waals surface area contributed by atoms with E-state index in [1.165, 1.54) is 16.7 Å². The SMILES string of the molecule is C1=C(c2ccccc2)CCN(C(c2ccccc2)c2nc3ccccc3[nH]2)C1. The summed E-state index contributed by atoms with van der Waals surface area (Å²) in [5, 5.41) is 0. The van der Waals surface area contributed by atoms with Crippen LogP contribution in [0, 0.1) is 0 Å². The van der Waals surface area contributed by atoms with Crippen molar-refractivity contribution < 1.29 is 0 Å². The molecule has 0 amide bonds. The lowest BCUT2D eigenvalue weighted by Crippen LogP contribution is -2.34. The van der Waals surface area contributed by atoms with E-state index in [0.29, 0.717) is 0 Å². The van der Waals surface area contributed by atoms with Gasteiger partial charge < -0.3 is 4.98 Å². The zero-order chi connectivity index (χ0) is 18.8. The summed E-state index contributed by atoms with van der Waals surface area (Å²) in [5.41, 5.74) is 6.17. The van der Waals surface area contributed by atoms with Crippen molar-refractivity contribution in [1.82, 2.24) is 14.9 Å². The molecule has 1 unspecified atom stereocenters. The highest BCUT2D eigenvalue weighted by Gasteiger charge is 2.26. The van der Waals surface area contributed by atoms with Gasteiger partial charge in [-0.2, -0.15) is 0 Å². The molecule has 2 heterocycles. The van der Waals surface area contributed by atoms with E-state index < -0.39 is 0 Å². The van der Waals surface area contributed by atoms with E-state index in [1.807, 2.05) is 6.07 Å². The fraction of sp³-hybridized carbons (Fsp3) is 0.160. The average molecular weight is 365 g/mol. The molecular weight excluding hydrogens is 342 g/mol. The molecule has 0 saturated heterocycles. The minimum absolute atomic E-state index is 0.127. The molecule has 138 valence electrons. The second kappa shape index (κ2) is 7.45. The molecule has 0 radical (unpaired) electrons. The number of H-pyrrole nitrogens is 1. The van der Waals surface area contributed by atoms with Gasteiger partial charge in [-0.05, 0) is 35.3 Å². The number of benzene rings is 3. The van der Waals surface area contributed by atoms with Crippen molar-refractivity contribution in [2.24, 2.45) is 0 Å². The van der Waals surface area contributed by atoms with Gasteiger partial charge in [0.1, 0.15) is 5.82 Å². The van der Waals surface area contributed by atoms with Gasteiger partial charge in [-0.1, -0.05) is 78.9 Å². The van der Waals surface area contributed by atoms with E-state index in [4.69, 9.17) is 4.98 Å². The van der Waals surface area contributed by atoms with Gasteiger partial charge in [0, 0.05) is 13.1 Å². The van der Waals surface area contributed by atoms with E-state index in [2.05, 4.69) is 94.8 Å². The zero-order valence-electron chi connectivity index (χ0n) is 15.8. The Bertz CT molecular complexity index is 1060. The van der Waals surface area contributed by atoms with Crippen molar-refractivity contribution in [1.29, 1.82) is 0 Å². The highest BCUT2D eigenvalue weighted by Crippen LogP contribution is 2.32. The van der Waals surface area contributed by atoms with Crippen molar-refractivity contribution in [2.75, 3.05) is 13.1 Å². The first-order valence-corrected chi connectivity index (χ1v) is 9.86. The van der Waals surface area contributed by atoms with Gasteiger partial charge in [-0.25, -0.2) is 4.98 Å². The molecule has 1 aliphatic heterocycles. The largest absolute Gasteiger partial charge is 0.340 e. The van der Waals surface area contributed by atoms with Crippen LogP contribution in [0.4, 0.5) is 0 Å². The van der Waals surface area contributed by atoms with E-state index in [0.717, 1.165) is 36.4 Å². The highest BCUT2D eigenvalue weighted by molar-refractivity contribution is 5.75. The molecule has 3 heteroatoms. The molecule has 0 spiro atoms. The summed E-state index contributed by atoms with van der Waals surface area (Å²) >= 11 is 0. The summed E-state index contributed by atoms with van der Waals surface area (Å²) in [6, 6.07) is 29.8. The fourth-order valence-electron chi connectivity index (χ4n) is 4.11. The van der Waals surface area contributed by atoms with Gasteiger partial charge in [0.2, 0.25) is 0 Å². The molecule has 1 N–H and O–H groups in total. The van der Waals surface area contributed by atoms with Crippen LogP contribution in [0.1, 0.15) is 29.4 Å². The Hall–Kier alpha value is -3.17. The van der Waals surface area contributed by atoms with Crippen LogP contribution >= 0.6 is 0 Å². The molecule has 5 rings (SSSR count). The van der Waals surface area contributed by atoms with Crippen molar-refractivity contribution >= 4 is 16.6 Å². The second-order valence-electron chi connectivity index (χ2n) is 7.29. The highest BCUT2D eigenvalue weighted by atomic mass is 15.2. The maximum atomic E-state index is 4.92. The van der Waals surface area contributed by atoms with Crippen LogP contribution < -0.4 is 0 Å². The first-order valence-electron chi connectivity index (χ1n) is 9.86. The lowest BCUT2D eigenvalue weighted by molar-refractivity contribution is 0.242. The van der Waals surface area contributed by atoms with E-state index in [1.54, 1.807) is 0 Å². The molecule has 3 aromatic carbocycles. The normalized spacial score (nSPS) is 16.1. The van der Waals surface area contributed by atoms with Crippen molar-refractivity contribution in [3.05, 3.63) is 108 Å². The Kier molecular flexibility index (Phi) is 4.51. The summed E-state index contributed by atoms with van der Waals surface area (Å²) in [7, 11) is 0. The summed E-state index contributed by atoms with van der Waals surface area (Å²) in [6.07, 6.45) is 3.42. The van der Waals surface area contributed by atoms with Gasteiger partial charge >= 0.3 is 0 Å². The quantitative estimate of drug-likeness (QED) is 0.522. The number of hydrogen-bond donors (Lipinski definition) is 1. The Morgan fingerprint density at radius 3 is 2.25 bits per heavy atom. The third-order valence-electron chi connectivity index (χ3n) is 5.53. The second-order valence-corrected chi connectivity index (χ2v) is 7.29. The Balaban J connectivity index is 1.50. The molecule has 0 saturated carbocycles. The molecule has 1 atom stereocenters. The van der Waals surface area contributed by atoms with Crippen LogP contribution in [-0.2, 0) is 0 Å². The standard InChI is InChI=1S/C25H23N3/c1-3-9-19(10-4-1)20-15-17-28(18-16-20)24(21-11-5-2-6-12-21)25-26-22-13-7-8-14-23(22)27-25/h1-15,24H,16-18H2,(H,26,27). The molecule has 1 aromatic heterocycles. The van der Waals surface area contributed by atoms with Crippen LogP contribution in [0.5, 0.6) is 0 Å². The molecular formula is C25H23N3. The Morgan fingerprint density at radius 1 is 0.821 bits per heavy atom. The van der Waals surface area contributed by atoms with Crippen LogP contribution in [0.25, 0.3) is 16.6 Å². The smallest absolute Gasteiger partial charge is 0.129 e. The molecule has 1 aliphatic rings. The van der Waals surface area contributed by atoms with E-state index in [9.17, 15) is 0 Å². The average Bonchev–Trinajstić information content (AvgIpc) is 3.19. The summed E-state index contributed by atoms with van der Waals surface area (Å²) in [4.78, 5) is 11.0. The number of rotatable bonds is 4. The molecule has 3 nitrogen and oxygen atoms in total. The van der Waals surface area contributed by atoms with Gasteiger partial charge in [0.15, 0.2) is 0 Å². The maximum Gasteiger partial charge on any atom is 0.129 e. The number of para-hydroxylation sites is 2. The molecule has 0 aliphatic carbocycles.